The molecule has 1 aliphatic rings. The van der Waals surface area contributed by atoms with Gasteiger partial charge in [-0.2, -0.15) is 0 Å². The van der Waals surface area contributed by atoms with E-state index >= 15 is 0 Å². The van der Waals surface area contributed by atoms with Crippen molar-refractivity contribution < 1.29 is 19.1 Å². The molecule has 0 aliphatic heterocycles. The molecule has 0 aromatic heterocycles. The third kappa shape index (κ3) is 4.79. The predicted molar refractivity (Wildman–Crippen MR) is 91.2 cm³/mol. The Labute approximate surface area is 135 Å². The minimum absolute atomic E-state index is 0.127. The van der Waals surface area contributed by atoms with Crippen molar-refractivity contribution in [2.75, 3.05) is 13.7 Å². The second-order valence-electron chi connectivity index (χ2n) is 7.45. The monoisotopic (exact) mass is 326 g/mol. The number of hydrogen-bond acceptors (Lipinski definition) is 4. The zero-order valence-electron chi connectivity index (χ0n) is 14.7. The lowest BCUT2D eigenvalue weighted by molar-refractivity contribution is -0.134. The van der Waals surface area contributed by atoms with E-state index in [1.54, 1.807) is 6.08 Å². The molecule has 1 rings (SSSR count). The first-order valence-corrected chi connectivity index (χ1v) is 10.8. The molecule has 0 heterocycles. The average Bonchev–Trinajstić information content (AvgIpc) is 2.42. The Morgan fingerprint density at radius 2 is 2.09 bits per heavy atom. The highest BCUT2D eigenvalue weighted by Gasteiger charge is 2.39. The van der Waals surface area contributed by atoms with Crippen LogP contribution in [0.3, 0.4) is 0 Å². The summed E-state index contributed by atoms with van der Waals surface area (Å²) < 4.78 is 10.8. The van der Waals surface area contributed by atoms with E-state index in [4.69, 9.17) is 4.43 Å². The molecule has 126 valence electrons. The van der Waals surface area contributed by atoms with Gasteiger partial charge >= 0.3 is 5.97 Å². The van der Waals surface area contributed by atoms with E-state index < -0.39 is 19.9 Å². The molecule has 0 aromatic carbocycles. The van der Waals surface area contributed by atoms with Crippen LogP contribution in [0, 0.1) is 0 Å². The number of carbonyl (C=O) groups is 1. The summed E-state index contributed by atoms with van der Waals surface area (Å²) in [6.45, 7) is 11.4. The van der Waals surface area contributed by atoms with Crippen LogP contribution >= 0.6 is 0 Å². The van der Waals surface area contributed by atoms with Crippen LogP contribution in [0.1, 0.15) is 40.0 Å². The maximum absolute atomic E-state index is 11.3. The van der Waals surface area contributed by atoms with E-state index in [-0.39, 0.29) is 5.04 Å². The zero-order valence-corrected chi connectivity index (χ0v) is 15.7. The summed E-state index contributed by atoms with van der Waals surface area (Å²) in [6, 6.07) is 0. The number of methoxy groups -OCH3 is 1. The van der Waals surface area contributed by atoms with Gasteiger partial charge in [-0.3, -0.25) is 0 Å². The van der Waals surface area contributed by atoms with Crippen LogP contribution in [-0.4, -0.2) is 38.7 Å². The van der Waals surface area contributed by atoms with Crippen molar-refractivity contribution in [2.45, 2.75) is 63.8 Å². The van der Waals surface area contributed by atoms with Crippen molar-refractivity contribution in [1.29, 1.82) is 0 Å². The molecule has 1 atom stereocenters. The van der Waals surface area contributed by atoms with Crippen molar-refractivity contribution in [2.24, 2.45) is 0 Å². The molecule has 22 heavy (non-hydrogen) atoms. The van der Waals surface area contributed by atoms with Gasteiger partial charge in [0.25, 0.3) is 0 Å². The summed E-state index contributed by atoms with van der Waals surface area (Å²) in [6.07, 6.45) is 7.31. The number of hydrogen-bond donors (Lipinski definition) is 1. The summed E-state index contributed by atoms with van der Waals surface area (Å²) in [7, 11) is -0.542. The molecule has 0 saturated carbocycles. The molecule has 0 bridgehead atoms. The molecule has 0 radical (unpaired) electrons. The van der Waals surface area contributed by atoms with Crippen LogP contribution < -0.4 is 0 Å². The maximum atomic E-state index is 11.3. The van der Waals surface area contributed by atoms with E-state index in [0.29, 0.717) is 13.0 Å². The van der Waals surface area contributed by atoms with Crippen molar-refractivity contribution in [3.8, 4) is 0 Å². The van der Waals surface area contributed by atoms with Crippen LogP contribution in [-0.2, 0) is 14.0 Å². The fourth-order valence-corrected chi connectivity index (χ4v) is 3.06. The molecule has 5 heteroatoms. The van der Waals surface area contributed by atoms with Crippen LogP contribution in [0.15, 0.2) is 23.8 Å². The first kappa shape index (κ1) is 19.1. The first-order valence-electron chi connectivity index (χ1n) is 7.85. The number of aliphatic hydroxyl groups is 1. The summed E-state index contributed by atoms with van der Waals surface area (Å²) in [5.41, 5.74) is -0.252. The fraction of sp³-hybridized carbons (Fsp3) is 0.706. The summed E-state index contributed by atoms with van der Waals surface area (Å²) in [5.74, 6) is -0.455. The van der Waals surface area contributed by atoms with E-state index in [0.717, 1.165) is 18.4 Å². The lowest BCUT2D eigenvalue weighted by atomic mass is 9.83. The highest BCUT2D eigenvalue weighted by molar-refractivity contribution is 6.74. The van der Waals surface area contributed by atoms with Crippen LogP contribution in [0.2, 0.25) is 18.1 Å². The number of rotatable bonds is 5. The van der Waals surface area contributed by atoms with Crippen LogP contribution in [0.5, 0.6) is 0 Å². The van der Waals surface area contributed by atoms with Gasteiger partial charge in [0.15, 0.2) is 8.32 Å². The van der Waals surface area contributed by atoms with Gasteiger partial charge < -0.3 is 14.3 Å². The molecule has 1 unspecified atom stereocenters. The Morgan fingerprint density at radius 1 is 1.45 bits per heavy atom. The number of carbonyl (C=O) groups excluding carboxylic acids is 1. The second kappa shape index (κ2) is 7.11. The summed E-state index contributed by atoms with van der Waals surface area (Å²) >= 11 is 0. The minimum atomic E-state index is -1.87. The number of ether oxygens (including phenoxy) is 1. The lowest BCUT2D eigenvalue weighted by Crippen LogP contribution is -2.43. The average molecular weight is 327 g/mol. The van der Waals surface area contributed by atoms with Gasteiger partial charge in [-0.1, -0.05) is 26.8 Å². The minimum Gasteiger partial charge on any atom is -0.466 e. The largest absolute Gasteiger partial charge is 0.466 e. The standard InChI is InChI=1S/C17H30O4Si/c1-16(2,3)22(5,6)21-13-14-9-7-8-11-17(14,19)12-10-15(18)20-4/h9-10,12,19H,7-8,11,13H2,1-6H3/b12-10+. The van der Waals surface area contributed by atoms with Gasteiger partial charge in [0.2, 0.25) is 0 Å². The molecule has 0 spiro atoms. The van der Waals surface area contributed by atoms with E-state index in [1.165, 1.54) is 13.2 Å². The molecule has 4 nitrogen and oxygen atoms in total. The summed E-state index contributed by atoms with van der Waals surface area (Å²) in [5, 5.41) is 11.0. The number of allylic oxidation sites excluding steroid dienone is 1. The molecule has 0 fully saturated rings. The zero-order chi connectivity index (χ0) is 17.0. The van der Waals surface area contributed by atoms with E-state index in [9.17, 15) is 9.90 Å². The SMILES string of the molecule is COC(=O)/C=C/C1(O)CCCC=C1CO[Si](C)(C)C(C)(C)C. The van der Waals surface area contributed by atoms with Gasteiger partial charge in [-0.15, -0.1) is 0 Å². The van der Waals surface area contributed by atoms with Gasteiger partial charge in [-0.25, -0.2) is 4.79 Å². The topological polar surface area (TPSA) is 55.8 Å². The second-order valence-corrected chi connectivity index (χ2v) is 12.3. The Hall–Kier alpha value is -0.913. The van der Waals surface area contributed by atoms with Crippen LogP contribution in [0.25, 0.3) is 0 Å². The smallest absolute Gasteiger partial charge is 0.330 e. The first-order chi connectivity index (χ1) is 10.0. The number of esters is 1. The van der Waals surface area contributed by atoms with Crippen molar-refractivity contribution in [3.05, 3.63) is 23.8 Å². The van der Waals surface area contributed by atoms with Gasteiger partial charge in [0.05, 0.1) is 13.7 Å². The molecule has 1 N–H and O–H groups in total. The molecule has 0 amide bonds. The highest BCUT2D eigenvalue weighted by Crippen LogP contribution is 2.38. The maximum Gasteiger partial charge on any atom is 0.330 e. The molecular weight excluding hydrogens is 296 g/mol. The fourth-order valence-electron chi connectivity index (χ4n) is 2.11. The third-order valence-corrected chi connectivity index (χ3v) is 9.28. The predicted octanol–water partition coefficient (Wildman–Crippen LogP) is 3.58. The molecule has 0 aromatic rings. The van der Waals surface area contributed by atoms with Crippen molar-refractivity contribution >= 4 is 14.3 Å². The van der Waals surface area contributed by atoms with Crippen molar-refractivity contribution in [1.82, 2.24) is 0 Å². The van der Waals surface area contributed by atoms with Gasteiger partial charge in [-0.05, 0) is 49.0 Å². The Balaban J connectivity index is 2.85. The Kier molecular flexibility index (Phi) is 6.18. The quantitative estimate of drug-likeness (QED) is 0.363. The van der Waals surface area contributed by atoms with Crippen molar-refractivity contribution in [3.63, 3.8) is 0 Å². The van der Waals surface area contributed by atoms with Gasteiger partial charge in [0.1, 0.15) is 5.60 Å². The molecular formula is C17H30O4Si. The normalized spacial score (nSPS) is 23.5. The van der Waals surface area contributed by atoms with E-state index in [2.05, 4.69) is 38.6 Å². The van der Waals surface area contributed by atoms with E-state index in [1.807, 2.05) is 6.08 Å². The Bertz CT molecular complexity index is 460. The van der Waals surface area contributed by atoms with Crippen LogP contribution in [0.4, 0.5) is 0 Å². The third-order valence-electron chi connectivity index (χ3n) is 4.80. The molecule has 0 saturated heterocycles. The van der Waals surface area contributed by atoms with Gasteiger partial charge in [0, 0.05) is 6.08 Å². The highest BCUT2D eigenvalue weighted by atomic mass is 28.4. The summed E-state index contributed by atoms with van der Waals surface area (Å²) in [4.78, 5) is 11.3. The lowest BCUT2D eigenvalue weighted by Gasteiger charge is -2.39. The Morgan fingerprint density at radius 3 is 2.64 bits per heavy atom. The molecule has 1 aliphatic carbocycles.